The van der Waals surface area contributed by atoms with Gasteiger partial charge in [0.2, 0.25) is 0 Å². The van der Waals surface area contributed by atoms with Gasteiger partial charge in [-0.15, -0.1) is 0 Å². The first kappa shape index (κ1) is 14.4. The number of fused-ring (bicyclic) bond motifs is 1. The standard InChI is InChI=1S/C15H20N2O3/c1-16-7-4-8-17-15(18)12-9-11-5-3-6-13(19-2)14(11)20-10-12/h3,5-6,9,16H,4,7-8,10H2,1-2H3,(H,17,18). The molecule has 0 saturated heterocycles. The molecule has 0 radical (unpaired) electrons. The largest absolute Gasteiger partial charge is 0.493 e. The highest BCUT2D eigenvalue weighted by molar-refractivity contribution is 5.99. The lowest BCUT2D eigenvalue weighted by atomic mass is 10.1. The summed E-state index contributed by atoms with van der Waals surface area (Å²) in [5.41, 5.74) is 1.51. The zero-order chi connectivity index (χ0) is 14.4. The second-order valence-corrected chi connectivity index (χ2v) is 4.55. The molecule has 0 atom stereocenters. The molecule has 0 aromatic heterocycles. The maximum absolute atomic E-state index is 12.0. The number of benzene rings is 1. The van der Waals surface area contributed by atoms with Gasteiger partial charge in [0.25, 0.3) is 5.91 Å². The normalized spacial score (nSPS) is 13.0. The van der Waals surface area contributed by atoms with E-state index in [1.54, 1.807) is 7.11 Å². The van der Waals surface area contributed by atoms with Crippen LogP contribution in [0.5, 0.6) is 11.5 Å². The van der Waals surface area contributed by atoms with E-state index in [9.17, 15) is 4.79 Å². The first-order chi connectivity index (χ1) is 9.76. The molecular weight excluding hydrogens is 256 g/mol. The fraction of sp³-hybridized carbons (Fsp3) is 0.400. The number of hydrogen-bond acceptors (Lipinski definition) is 4. The lowest BCUT2D eigenvalue weighted by Gasteiger charge is -2.19. The molecule has 0 unspecified atom stereocenters. The average Bonchev–Trinajstić information content (AvgIpc) is 2.50. The molecule has 5 nitrogen and oxygen atoms in total. The molecular formula is C15H20N2O3. The van der Waals surface area contributed by atoms with Gasteiger partial charge in [-0.1, -0.05) is 12.1 Å². The molecule has 5 heteroatoms. The van der Waals surface area contributed by atoms with Crippen molar-refractivity contribution >= 4 is 12.0 Å². The van der Waals surface area contributed by atoms with Gasteiger partial charge in [-0.2, -0.15) is 0 Å². The molecule has 2 N–H and O–H groups in total. The Labute approximate surface area is 119 Å². The Bertz CT molecular complexity index is 512. The Morgan fingerprint density at radius 2 is 2.25 bits per heavy atom. The third-order valence-corrected chi connectivity index (χ3v) is 3.11. The third kappa shape index (κ3) is 3.30. The van der Waals surface area contributed by atoms with Gasteiger partial charge in [-0.3, -0.25) is 4.79 Å². The second-order valence-electron chi connectivity index (χ2n) is 4.55. The molecule has 1 heterocycles. The summed E-state index contributed by atoms with van der Waals surface area (Å²) in [6.07, 6.45) is 2.76. The van der Waals surface area contributed by atoms with Crippen molar-refractivity contribution in [3.63, 3.8) is 0 Å². The highest BCUT2D eigenvalue weighted by Gasteiger charge is 2.19. The van der Waals surface area contributed by atoms with Gasteiger partial charge in [0.05, 0.1) is 12.7 Å². The number of carbonyl (C=O) groups excluding carboxylic acids is 1. The van der Waals surface area contributed by atoms with Crippen LogP contribution in [0.25, 0.3) is 6.08 Å². The Hall–Kier alpha value is -2.01. The molecule has 0 bridgehead atoms. The molecule has 0 fully saturated rings. The predicted molar refractivity (Wildman–Crippen MR) is 78.0 cm³/mol. The van der Waals surface area contributed by atoms with E-state index in [0.717, 1.165) is 18.5 Å². The minimum atomic E-state index is -0.0745. The smallest absolute Gasteiger partial charge is 0.250 e. The molecule has 0 saturated carbocycles. The number of amides is 1. The molecule has 20 heavy (non-hydrogen) atoms. The van der Waals surface area contributed by atoms with Crippen molar-refractivity contribution in [3.8, 4) is 11.5 Å². The first-order valence-electron chi connectivity index (χ1n) is 6.69. The Balaban J connectivity index is 2.03. The van der Waals surface area contributed by atoms with Crippen LogP contribution in [-0.2, 0) is 4.79 Å². The van der Waals surface area contributed by atoms with E-state index in [1.165, 1.54) is 0 Å². The predicted octanol–water partition coefficient (Wildman–Crippen LogP) is 1.20. The van der Waals surface area contributed by atoms with Crippen LogP contribution in [0, 0.1) is 0 Å². The van der Waals surface area contributed by atoms with E-state index in [2.05, 4.69) is 10.6 Å². The van der Waals surface area contributed by atoms with Crippen LogP contribution in [0.1, 0.15) is 12.0 Å². The van der Waals surface area contributed by atoms with Crippen LogP contribution >= 0.6 is 0 Å². The summed E-state index contributed by atoms with van der Waals surface area (Å²) in [5.74, 6) is 1.31. The molecule has 1 aliphatic rings. The number of rotatable bonds is 6. The molecule has 1 aromatic rings. The van der Waals surface area contributed by atoms with Crippen molar-refractivity contribution in [3.05, 3.63) is 29.3 Å². The summed E-state index contributed by atoms with van der Waals surface area (Å²) in [6.45, 7) is 1.81. The third-order valence-electron chi connectivity index (χ3n) is 3.11. The van der Waals surface area contributed by atoms with Crippen molar-refractivity contribution in [2.24, 2.45) is 0 Å². The fourth-order valence-electron chi connectivity index (χ4n) is 2.05. The van der Waals surface area contributed by atoms with E-state index in [4.69, 9.17) is 9.47 Å². The fourth-order valence-corrected chi connectivity index (χ4v) is 2.05. The monoisotopic (exact) mass is 276 g/mol. The minimum Gasteiger partial charge on any atom is -0.493 e. The lowest BCUT2D eigenvalue weighted by Crippen LogP contribution is -2.30. The van der Waals surface area contributed by atoms with E-state index in [-0.39, 0.29) is 12.5 Å². The quantitative estimate of drug-likeness (QED) is 0.766. The highest BCUT2D eigenvalue weighted by Crippen LogP contribution is 2.35. The minimum absolute atomic E-state index is 0.0745. The summed E-state index contributed by atoms with van der Waals surface area (Å²) in [4.78, 5) is 12.0. The van der Waals surface area contributed by atoms with Crippen molar-refractivity contribution in [2.75, 3.05) is 33.9 Å². The van der Waals surface area contributed by atoms with Gasteiger partial charge in [-0.25, -0.2) is 0 Å². The zero-order valence-electron chi connectivity index (χ0n) is 11.9. The van der Waals surface area contributed by atoms with Crippen LogP contribution in [-0.4, -0.2) is 39.8 Å². The summed E-state index contributed by atoms with van der Waals surface area (Å²) in [6, 6.07) is 5.63. The van der Waals surface area contributed by atoms with E-state index in [1.807, 2.05) is 31.3 Å². The van der Waals surface area contributed by atoms with Gasteiger partial charge < -0.3 is 20.1 Å². The van der Waals surface area contributed by atoms with Gasteiger partial charge in [0.15, 0.2) is 11.5 Å². The van der Waals surface area contributed by atoms with Crippen LogP contribution < -0.4 is 20.1 Å². The van der Waals surface area contributed by atoms with Crippen molar-refractivity contribution < 1.29 is 14.3 Å². The van der Waals surface area contributed by atoms with Crippen molar-refractivity contribution in [1.29, 1.82) is 0 Å². The van der Waals surface area contributed by atoms with Gasteiger partial charge >= 0.3 is 0 Å². The van der Waals surface area contributed by atoms with E-state index >= 15 is 0 Å². The topological polar surface area (TPSA) is 59.6 Å². The summed E-state index contributed by atoms with van der Waals surface area (Å²) in [5, 5.41) is 5.93. The van der Waals surface area contributed by atoms with Crippen LogP contribution in [0.4, 0.5) is 0 Å². The molecule has 1 amide bonds. The highest BCUT2D eigenvalue weighted by atomic mass is 16.5. The maximum Gasteiger partial charge on any atom is 0.250 e. The summed E-state index contributed by atoms with van der Waals surface area (Å²) < 4.78 is 10.9. The number of ether oxygens (including phenoxy) is 2. The second kappa shape index (κ2) is 6.96. The SMILES string of the molecule is CNCCCNC(=O)C1=Cc2cccc(OC)c2OC1. The number of nitrogens with one attached hydrogen (secondary N) is 2. The van der Waals surface area contributed by atoms with Gasteiger partial charge in [0.1, 0.15) is 6.61 Å². The average molecular weight is 276 g/mol. The van der Waals surface area contributed by atoms with Crippen molar-refractivity contribution in [1.82, 2.24) is 10.6 Å². The van der Waals surface area contributed by atoms with Crippen LogP contribution in [0.2, 0.25) is 0 Å². The molecule has 2 rings (SSSR count). The number of para-hydroxylation sites is 1. The lowest BCUT2D eigenvalue weighted by molar-refractivity contribution is -0.117. The Morgan fingerprint density at radius 1 is 1.40 bits per heavy atom. The molecule has 0 aliphatic carbocycles. The number of hydrogen-bond donors (Lipinski definition) is 2. The van der Waals surface area contributed by atoms with E-state index in [0.29, 0.717) is 23.6 Å². The summed E-state index contributed by atoms with van der Waals surface area (Å²) >= 11 is 0. The zero-order valence-corrected chi connectivity index (χ0v) is 11.9. The molecule has 1 aromatic carbocycles. The number of carbonyl (C=O) groups is 1. The van der Waals surface area contributed by atoms with Crippen LogP contribution in [0.15, 0.2) is 23.8 Å². The van der Waals surface area contributed by atoms with Gasteiger partial charge in [0, 0.05) is 12.1 Å². The molecule has 1 aliphatic heterocycles. The Kier molecular flexibility index (Phi) is 5.01. The first-order valence-corrected chi connectivity index (χ1v) is 6.69. The molecule has 108 valence electrons. The summed E-state index contributed by atoms with van der Waals surface area (Å²) in [7, 11) is 3.50. The van der Waals surface area contributed by atoms with Crippen molar-refractivity contribution in [2.45, 2.75) is 6.42 Å². The molecule has 0 spiro atoms. The maximum atomic E-state index is 12.0. The van der Waals surface area contributed by atoms with Gasteiger partial charge in [-0.05, 0) is 32.2 Å². The van der Waals surface area contributed by atoms with E-state index < -0.39 is 0 Å². The Morgan fingerprint density at radius 3 is 3.00 bits per heavy atom. The number of methoxy groups -OCH3 is 1. The van der Waals surface area contributed by atoms with Crippen LogP contribution in [0.3, 0.4) is 0 Å².